The van der Waals surface area contributed by atoms with Crippen molar-refractivity contribution >= 4 is 23.8 Å². The van der Waals surface area contributed by atoms with Gasteiger partial charge in [0.05, 0.1) is 19.8 Å². The number of halogens is 3. The van der Waals surface area contributed by atoms with Crippen LogP contribution in [-0.2, 0) is 27.4 Å². The molecule has 0 saturated carbocycles. The zero-order valence-corrected chi connectivity index (χ0v) is 25.7. The molecule has 11 nitrogen and oxygen atoms in total. The van der Waals surface area contributed by atoms with Crippen molar-refractivity contribution in [2.75, 3.05) is 32.8 Å². The lowest BCUT2D eigenvalue weighted by Gasteiger charge is -2.45. The van der Waals surface area contributed by atoms with Gasteiger partial charge in [0, 0.05) is 43.0 Å². The van der Waals surface area contributed by atoms with Gasteiger partial charge in [-0.3, -0.25) is 24.3 Å². The van der Waals surface area contributed by atoms with E-state index < -0.39 is 54.6 Å². The highest BCUT2D eigenvalue weighted by Crippen LogP contribution is 2.36. The predicted octanol–water partition coefficient (Wildman–Crippen LogP) is 3.07. The number of nitrogens with one attached hydrogen (secondary N) is 1. The Kier molecular flexibility index (Phi) is 9.91. The third kappa shape index (κ3) is 7.60. The van der Waals surface area contributed by atoms with Crippen LogP contribution in [0.3, 0.4) is 0 Å². The second-order valence-electron chi connectivity index (χ2n) is 11.7. The number of imide groups is 1. The summed E-state index contributed by atoms with van der Waals surface area (Å²) in [6, 6.07) is 18.0. The smallest absolute Gasteiger partial charge is 0.374 e. The highest BCUT2D eigenvalue weighted by atomic mass is 19.4. The van der Waals surface area contributed by atoms with Gasteiger partial charge >= 0.3 is 12.2 Å². The molecule has 5 amide bonds. The van der Waals surface area contributed by atoms with Gasteiger partial charge in [0.1, 0.15) is 18.1 Å². The van der Waals surface area contributed by atoms with E-state index in [4.69, 9.17) is 10.5 Å². The molecule has 3 atom stereocenters. The molecule has 0 radical (unpaired) electrons. The molecule has 2 aliphatic heterocycles. The second-order valence-corrected chi connectivity index (χ2v) is 11.7. The molecule has 0 bridgehead atoms. The van der Waals surface area contributed by atoms with Gasteiger partial charge in [-0.2, -0.15) is 13.2 Å². The number of hydrogen-bond acceptors (Lipinski definition) is 7. The number of hydrogen-bond donors (Lipinski definition) is 2. The standard InChI is InChI=1S/C33H35F3N6O5/c1-22(37)24-10-7-11-25(16-24)28(43)39-27(19-47-18-23-8-3-2-4-9-23)29(44)40-14-15-42-31(46)41(21-33(34,35)36)30(45)32(42,20-40)17-26-12-5-6-13-38-26/h2-13,16,22,27H,14-15,17-21,37H2,1H3,(H,39,43). The molecule has 248 valence electrons. The van der Waals surface area contributed by atoms with Crippen LogP contribution in [0, 0.1) is 0 Å². The molecule has 3 heterocycles. The first kappa shape index (κ1) is 33.5. The summed E-state index contributed by atoms with van der Waals surface area (Å²) >= 11 is 0. The fourth-order valence-electron chi connectivity index (χ4n) is 5.87. The molecule has 5 rings (SSSR count). The van der Waals surface area contributed by atoms with Crippen LogP contribution in [0.5, 0.6) is 0 Å². The third-order valence-electron chi connectivity index (χ3n) is 8.19. The summed E-state index contributed by atoms with van der Waals surface area (Å²) in [4.78, 5) is 61.3. The third-order valence-corrected chi connectivity index (χ3v) is 8.19. The van der Waals surface area contributed by atoms with Crippen molar-refractivity contribution in [1.29, 1.82) is 0 Å². The van der Waals surface area contributed by atoms with Crippen LogP contribution in [0.1, 0.15) is 40.1 Å². The lowest BCUT2D eigenvalue weighted by atomic mass is 9.88. The molecule has 47 heavy (non-hydrogen) atoms. The molecular weight excluding hydrogens is 617 g/mol. The summed E-state index contributed by atoms with van der Waals surface area (Å²) in [6.07, 6.45) is -3.58. The summed E-state index contributed by atoms with van der Waals surface area (Å²) in [6.45, 7) is -0.805. The molecule has 3 N–H and O–H groups in total. The van der Waals surface area contributed by atoms with Gasteiger partial charge < -0.3 is 25.6 Å². The van der Waals surface area contributed by atoms with Crippen molar-refractivity contribution in [1.82, 2.24) is 25.0 Å². The molecular formula is C33H35F3N6O5. The number of aromatic nitrogens is 1. The Morgan fingerprint density at radius 3 is 2.47 bits per heavy atom. The van der Waals surface area contributed by atoms with Crippen LogP contribution in [-0.4, -0.2) is 94.0 Å². The van der Waals surface area contributed by atoms with E-state index in [1.807, 2.05) is 30.3 Å². The largest absolute Gasteiger partial charge is 0.406 e. The van der Waals surface area contributed by atoms with Crippen molar-refractivity contribution in [3.63, 3.8) is 0 Å². The van der Waals surface area contributed by atoms with E-state index in [2.05, 4.69) is 10.3 Å². The van der Waals surface area contributed by atoms with Gasteiger partial charge in [-0.25, -0.2) is 4.79 Å². The Bertz CT molecular complexity index is 1610. The zero-order chi connectivity index (χ0) is 33.8. The number of ether oxygens (including phenoxy) is 1. The number of urea groups is 1. The van der Waals surface area contributed by atoms with E-state index in [0.29, 0.717) is 11.3 Å². The topological polar surface area (TPSA) is 138 Å². The first-order valence-electron chi connectivity index (χ1n) is 15.0. The summed E-state index contributed by atoms with van der Waals surface area (Å²) in [5.41, 5.74) is 6.30. The number of amides is 5. The van der Waals surface area contributed by atoms with E-state index in [1.165, 1.54) is 11.1 Å². The molecule has 2 saturated heterocycles. The number of benzene rings is 2. The lowest BCUT2D eigenvalue weighted by molar-refractivity contribution is -0.157. The summed E-state index contributed by atoms with van der Waals surface area (Å²) in [7, 11) is 0. The van der Waals surface area contributed by atoms with Crippen molar-refractivity contribution in [2.24, 2.45) is 5.73 Å². The number of nitrogens with zero attached hydrogens (tertiary/aromatic N) is 4. The molecule has 1 aromatic heterocycles. The maximum Gasteiger partial charge on any atom is 0.406 e. The number of piperazine rings is 1. The Hall–Kier alpha value is -4.82. The number of carbonyl (C=O) groups is 4. The van der Waals surface area contributed by atoms with E-state index in [9.17, 15) is 32.3 Å². The minimum atomic E-state index is -4.83. The van der Waals surface area contributed by atoms with E-state index >= 15 is 0 Å². The van der Waals surface area contributed by atoms with Gasteiger partial charge in [-0.05, 0) is 42.3 Å². The average molecular weight is 653 g/mol. The first-order valence-corrected chi connectivity index (χ1v) is 15.0. The van der Waals surface area contributed by atoms with Crippen molar-refractivity contribution in [2.45, 2.75) is 43.8 Å². The van der Waals surface area contributed by atoms with Crippen LogP contribution >= 0.6 is 0 Å². The van der Waals surface area contributed by atoms with Gasteiger partial charge in [0.2, 0.25) is 5.91 Å². The van der Waals surface area contributed by atoms with Crippen LogP contribution < -0.4 is 11.1 Å². The molecule has 3 aromatic rings. The number of rotatable bonds is 11. The van der Waals surface area contributed by atoms with Crippen LogP contribution in [0.4, 0.5) is 18.0 Å². The Labute approximate surface area is 269 Å². The minimum Gasteiger partial charge on any atom is -0.374 e. The molecule has 3 unspecified atom stereocenters. The molecule has 2 aliphatic rings. The normalized spacial score (nSPS) is 19.4. The number of alkyl halides is 3. The van der Waals surface area contributed by atoms with Crippen molar-refractivity contribution in [3.8, 4) is 0 Å². The Morgan fingerprint density at radius 2 is 1.79 bits per heavy atom. The van der Waals surface area contributed by atoms with Crippen LogP contribution in [0.2, 0.25) is 0 Å². The Balaban J connectivity index is 1.42. The fourth-order valence-corrected chi connectivity index (χ4v) is 5.87. The molecule has 14 heteroatoms. The summed E-state index contributed by atoms with van der Waals surface area (Å²) in [5, 5.41) is 2.73. The highest BCUT2D eigenvalue weighted by Gasteiger charge is 2.61. The van der Waals surface area contributed by atoms with Gasteiger partial charge in [-0.15, -0.1) is 0 Å². The average Bonchev–Trinajstić information content (AvgIpc) is 3.24. The highest BCUT2D eigenvalue weighted by molar-refractivity contribution is 6.08. The Morgan fingerprint density at radius 1 is 1.04 bits per heavy atom. The minimum absolute atomic E-state index is 0.0904. The number of fused-ring (bicyclic) bond motifs is 1. The quantitative estimate of drug-likeness (QED) is 0.304. The van der Waals surface area contributed by atoms with Gasteiger partial charge in [-0.1, -0.05) is 48.5 Å². The lowest BCUT2D eigenvalue weighted by Crippen LogP contribution is -2.67. The number of carbonyl (C=O) groups excluding carboxylic acids is 4. The van der Waals surface area contributed by atoms with Gasteiger partial charge in [0.15, 0.2) is 0 Å². The second kappa shape index (κ2) is 13.9. The van der Waals surface area contributed by atoms with Crippen molar-refractivity contribution in [3.05, 3.63) is 101 Å². The van der Waals surface area contributed by atoms with E-state index in [1.54, 1.807) is 49.4 Å². The predicted molar refractivity (Wildman–Crippen MR) is 164 cm³/mol. The molecule has 0 aliphatic carbocycles. The van der Waals surface area contributed by atoms with Gasteiger partial charge in [0.25, 0.3) is 11.8 Å². The van der Waals surface area contributed by atoms with Crippen LogP contribution in [0.15, 0.2) is 79.0 Å². The van der Waals surface area contributed by atoms with E-state index in [-0.39, 0.29) is 49.2 Å². The number of nitrogens with two attached hydrogens (primary N) is 1. The summed E-state index contributed by atoms with van der Waals surface area (Å²) in [5.74, 6) is -2.26. The maximum atomic E-state index is 14.2. The number of pyridine rings is 1. The SMILES string of the molecule is CC(N)c1cccc(C(=O)NC(COCc2ccccc2)C(=O)N2CCN3C(=O)N(CC(F)(F)F)C(=O)C3(Cc3ccccn3)C2)c1. The molecule has 2 fully saturated rings. The first-order chi connectivity index (χ1) is 22.4. The zero-order valence-electron chi connectivity index (χ0n) is 25.7. The molecule has 0 spiro atoms. The van der Waals surface area contributed by atoms with E-state index in [0.717, 1.165) is 10.5 Å². The fraction of sp³-hybridized carbons (Fsp3) is 0.364. The van der Waals surface area contributed by atoms with Crippen molar-refractivity contribution < 1.29 is 37.1 Å². The monoisotopic (exact) mass is 652 g/mol. The molecule has 2 aromatic carbocycles. The summed E-state index contributed by atoms with van der Waals surface area (Å²) < 4.78 is 46.2. The van der Waals surface area contributed by atoms with Crippen LogP contribution in [0.25, 0.3) is 0 Å². The maximum absolute atomic E-state index is 14.2.